The Kier molecular flexibility index (Phi) is 15.9. The van der Waals surface area contributed by atoms with Gasteiger partial charge in [-0.05, 0) is 176 Å². The smallest absolute Gasteiger partial charge is 0.0462 e. The van der Waals surface area contributed by atoms with Crippen LogP contribution in [-0.2, 0) is 0 Å². The van der Waals surface area contributed by atoms with Gasteiger partial charge in [-0.25, -0.2) is 0 Å². The zero-order valence-corrected chi connectivity index (χ0v) is 49.6. The van der Waals surface area contributed by atoms with Crippen LogP contribution in [0.1, 0.15) is 0 Å². The van der Waals surface area contributed by atoms with Crippen LogP contribution in [0.15, 0.2) is 300 Å². The summed E-state index contributed by atoms with van der Waals surface area (Å²) in [6, 6.07) is 103. The Morgan fingerprint density at radius 2 is 0.633 bits per heavy atom. The molecular formula is C72H49Br2IN2S2. The number of nitrogens with zero attached hydrogens (tertiary/aromatic N) is 1. The van der Waals surface area contributed by atoms with E-state index in [-0.39, 0.29) is 0 Å². The second kappa shape index (κ2) is 24.2. The molecule has 0 spiro atoms. The average molecular weight is 1290 g/mol. The number of hydrogen-bond donors (Lipinski definition) is 1. The summed E-state index contributed by atoms with van der Waals surface area (Å²) in [4.78, 5) is 2.31. The third-order valence-electron chi connectivity index (χ3n) is 13.8. The van der Waals surface area contributed by atoms with Crippen LogP contribution in [0.25, 0.3) is 84.9 Å². The molecule has 7 heteroatoms. The normalized spacial score (nSPS) is 11.0. The minimum absolute atomic E-state index is 1.09. The molecule has 0 aliphatic carbocycles. The number of thiophene rings is 2. The number of nitrogens with one attached hydrogen (secondary N) is 1. The molecule has 0 saturated carbocycles. The first kappa shape index (κ1) is 52.1. The van der Waals surface area contributed by atoms with Crippen LogP contribution in [0.2, 0.25) is 0 Å². The molecule has 2 nitrogen and oxygen atoms in total. The van der Waals surface area contributed by atoms with E-state index in [1.54, 1.807) is 0 Å². The second-order valence-electron chi connectivity index (χ2n) is 18.9. The maximum Gasteiger partial charge on any atom is 0.0462 e. The zero-order chi connectivity index (χ0) is 53.5. The molecule has 14 rings (SSSR count). The molecule has 79 heavy (non-hydrogen) atoms. The van der Waals surface area contributed by atoms with Crippen LogP contribution in [0.5, 0.6) is 0 Å². The highest BCUT2D eigenvalue weighted by atomic mass is 127. The number of anilines is 5. The number of fused-ring (bicyclic) bond motifs is 6. The summed E-state index contributed by atoms with van der Waals surface area (Å²) in [6.45, 7) is 0. The van der Waals surface area contributed by atoms with Crippen LogP contribution in [0.4, 0.5) is 28.4 Å². The lowest BCUT2D eigenvalue weighted by Gasteiger charge is -2.26. The van der Waals surface area contributed by atoms with Gasteiger partial charge in [0.2, 0.25) is 0 Å². The summed E-state index contributed by atoms with van der Waals surface area (Å²) in [6.07, 6.45) is 0. The molecule has 12 aromatic carbocycles. The standard InChI is InChI=1S/C36H24BrNS.C24H17NS.C12H8BrI/c37-28-19-13-25(14-20-28)26-15-21-30(22-16-26)38(29-7-2-1-3-8-29)31-23-17-27(18-24-31)32-10-6-11-34-33-9-4-5-12-35(33)39-36(32)34;1-2-7-18(8-3-1)25-19-15-13-17(14-16-19)20-10-6-11-22-21-9-4-5-12-23(21)26-24(20)22;13-11-5-1-9(2-6-11)10-3-7-12(14)8-4-10/h1-24H;1-16,25H;1-8H. The van der Waals surface area contributed by atoms with E-state index in [4.69, 9.17) is 0 Å². The predicted octanol–water partition coefficient (Wildman–Crippen LogP) is 23.8. The molecule has 0 bridgehead atoms. The molecule has 14 aromatic rings. The molecule has 0 saturated heterocycles. The average Bonchev–Trinajstić information content (AvgIpc) is 4.25. The zero-order valence-electron chi connectivity index (χ0n) is 42.6. The van der Waals surface area contributed by atoms with Crippen molar-refractivity contribution >= 4 is 146 Å². The molecule has 0 amide bonds. The fourth-order valence-corrected chi connectivity index (χ4v) is 13.3. The van der Waals surface area contributed by atoms with Gasteiger partial charge in [0, 0.05) is 81.3 Å². The van der Waals surface area contributed by atoms with E-state index in [9.17, 15) is 0 Å². The highest BCUT2D eigenvalue weighted by Crippen LogP contribution is 2.43. The Bertz CT molecular complexity index is 4270. The summed E-state index contributed by atoms with van der Waals surface area (Å²) < 4.78 is 8.85. The van der Waals surface area contributed by atoms with Crippen molar-refractivity contribution in [2.45, 2.75) is 0 Å². The maximum atomic E-state index is 3.53. The van der Waals surface area contributed by atoms with Crippen LogP contribution in [-0.4, -0.2) is 0 Å². The molecule has 0 radical (unpaired) electrons. The highest BCUT2D eigenvalue weighted by molar-refractivity contribution is 14.1. The highest BCUT2D eigenvalue weighted by Gasteiger charge is 2.15. The van der Waals surface area contributed by atoms with Crippen molar-refractivity contribution in [1.82, 2.24) is 0 Å². The first-order valence-electron chi connectivity index (χ1n) is 25.9. The van der Waals surface area contributed by atoms with E-state index < -0.39 is 0 Å². The van der Waals surface area contributed by atoms with Crippen molar-refractivity contribution in [2.24, 2.45) is 0 Å². The lowest BCUT2D eigenvalue weighted by Crippen LogP contribution is -2.09. The van der Waals surface area contributed by atoms with Gasteiger partial charge in [-0.15, -0.1) is 22.7 Å². The third-order valence-corrected chi connectivity index (χ3v) is 18.1. The summed E-state index contributed by atoms with van der Waals surface area (Å²) >= 11 is 13.0. The molecule has 0 aliphatic heterocycles. The summed E-state index contributed by atoms with van der Waals surface area (Å²) in [5.41, 5.74) is 15.6. The summed E-state index contributed by atoms with van der Waals surface area (Å²) in [5, 5.41) is 8.79. The predicted molar refractivity (Wildman–Crippen MR) is 359 cm³/mol. The molecule has 0 fully saturated rings. The van der Waals surface area contributed by atoms with Crippen molar-refractivity contribution < 1.29 is 0 Å². The van der Waals surface area contributed by atoms with Gasteiger partial charge in [0.25, 0.3) is 0 Å². The topological polar surface area (TPSA) is 15.3 Å². The van der Waals surface area contributed by atoms with Crippen molar-refractivity contribution in [3.8, 4) is 44.5 Å². The Morgan fingerprint density at radius 1 is 0.291 bits per heavy atom. The van der Waals surface area contributed by atoms with Crippen LogP contribution in [0.3, 0.4) is 0 Å². The lowest BCUT2D eigenvalue weighted by molar-refractivity contribution is 1.28. The first-order valence-corrected chi connectivity index (χ1v) is 30.2. The van der Waals surface area contributed by atoms with Gasteiger partial charge < -0.3 is 10.2 Å². The van der Waals surface area contributed by atoms with Gasteiger partial charge in [0.1, 0.15) is 0 Å². The van der Waals surface area contributed by atoms with Gasteiger partial charge >= 0.3 is 0 Å². The van der Waals surface area contributed by atoms with Crippen LogP contribution < -0.4 is 10.2 Å². The summed E-state index contributed by atoms with van der Waals surface area (Å²) in [5.74, 6) is 0. The fourth-order valence-electron chi connectivity index (χ4n) is 9.91. The molecule has 0 atom stereocenters. The minimum atomic E-state index is 1.09. The van der Waals surface area contributed by atoms with Crippen LogP contribution >= 0.6 is 77.1 Å². The Morgan fingerprint density at radius 3 is 1.10 bits per heavy atom. The summed E-state index contributed by atoms with van der Waals surface area (Å²) in [7, 11) is 0. The van der Waals surface area contributed by atoms with E-state index in [0.29, 0.717) is 0 Å². The fraction of sp³-hybridized carbons (Fsp3) is 0. The van der Waals surface area contributed by atoms with Gasteiger partial charge in [-0.2, -0.15) is 0 Å². The van der Waals surface area contributed by atoms with E-state index in [0.717, 1.165) is 37.4 Å². The molecule has 0 unspecified atom stereocenters. The molecular weight excluding hydrogens is 1240 g/mol. The van der Waals surface area contributed by atoms with Crippen LogP contribution in [0, 0.1) is 3.57 Å². The quantitative estimate of drug-likeness (QED) is 0.145. The van der Waals surface area contributed by atoms with E-state index >= 15 is 0 Å². The number of benzene rings is 12. The van der Waals surface area contributed by atoms with E-state index in [2.05, 4.69) is 338 Å². The molecule has 2 aromatic heterocycles. The van der Waals surface area contributed by atoms with Crippen molar-refractivity contribution in [3.63, 3.8) is 0 Å². The number of rotatable bonds is 9. The number of halogens is 3. The van der Waals surface area contributed by atoms with Gasteiger partial charge in [-0.3, -0.25) is 0 Å². The molecule has 380 valence electrons. The lowest BCUT2D eigenvalue weighted by atomic mass is 10.0. The molecule has 2 heterocycles. The SMILES string of the molecule is Brc1ccc(-c2ccc(I)cc2)cc1.Brc1ccc(-c2ccc(N(c3ccccc3)c3ccc(-c4cccc5c4sc4ccccc45)cc3)cc2)cc1.c1ccc(Nc2ccc(-c3cccc4c3sc3ccccc34)cc2)cc1. The third kappa shape index (κ3) is 11.9. The second-order valence-corrected chi connectivity index (χ2v) is 24.1. The van der Waals surface area contributed by atoms with Gasteiger partial charge in [0.05, 0.1) is 0 Å². The van der Waals surface area contributed by atoms with Crippen molar-refractivity contribution in [3.05, 3.63) is 304 Å². The first-order chi connectivity index (χ1) is 38.9. The van der Waals surface area contributed by atoms with Gasteiger partial charge in [-0.1, -0.05) is 214 Å². The minimum Gasteiger partial charge on any atom is -0.356 e. The van der Waals surface area contributed by atoms with Crippen molar-refractivity contribution in [1.29, 1.82) is 0 Å². The van der Waals surface area contributed by atoms with Crippen molar-refractivity contribution in [2.75, 3.05) is 10.2 Å². The Balaban J connectivity index is 0.000000133. The largest absolute Gasteiger partial charge is 0.356 e. The van der Waals surface area contributed by atoms with E-state index in [1.807, 2.05) is 40.9 Å². The maximum absolute atomic E-state index is 3.53. The van der Waals surface area contributed by atoms with Gasteiger partial charge in [0.15, 0.2) is 0 Å². The Hall–Kier alpha value is -7.63. The number of hydrogen-bond acceptors (Lipinski definition) is 4. The molecule has 1 N–H and O–H groups in total. The monoisotopic (exact) mass is 1290 g/mol. The Labute approximate surface area is 499 Å². The number of para-hydroxylation sites is 2. The molecule has 0 aliphatic rings. The van der Waals surface area contributed by atoms with E-state index in [1.165, 1.54) is 88.4 Å².